The Bertz CT molecular complexity index is 345. The second kappa shape index (κ2) is 5.41. The van der Waals surface area contributed by atoms with Crippen LogP contribution < -0.4 is 5.73 Å². The second-order valence-electron chi connectivity index (χ2n) is 7.83. The van der Waals surface area contributed by atoms with Crippen LogP contribution in [0.15, 0.2) is 0 Å². The minimum absolute atomic E-state index is 0.104. The van der Waals surface area contributed by atoms with E-state index in [1.165, 1.54) is 24.2 Å². The maximum atomic E-state index is 12.6. The van der Waals surface area contributed by atoms with Crippen molar-refractivity contribution in [1.29, 1.82) is 0 Å². The average Bonchev–Trinajstić information content (AvgIpc) is 2.34. The highest BCUT2D eigenvalue weighted by molar-refractivity contribution is 5.06. The van der Waals surface area contributed by atoms with Gasteiger partial charge in [0, 0.05) is 12.6 Å². The monoisotopic (exact) mass is 304 g/mol. The molecule has 122 valence electrons. The van der Waals surface area contributed by atoms with Crippen molar-refractivity contribution in [3.63, 3.8) is 0 Å². The Morgan fingerprint density at radius 3 is 1.95 bits per heavy atom. The summed E-state index contributed by atoms with van der Waals surface area (Å²) in [6.07, 6.45) is 3.36. The zero-order valence-electron chi connectivity index (χ0n) is 12.8. The van der Waals surface area contributed by atoms with Gasteiger partial charge in [0.2, 0.25) is 0 Å². The number of hydrogen-bond donors (Lipinski definition) is 1. The lowest BCUT2D eigenvalue weighted by molar-refractivity contribution is -0.149. The predicted molar refractivity (Wildman–Crippen MR) is 76.7 cm³/mol. The highest BCUT2D eigenvalue weighted by Crippen LogP contribution is 2.61. The topological polar surface area (TPSA) is 29.3 Å². The lowest BCUT2D eigenvalue weighted by Crippen LogP contribution is -2.58. The van der Waals surface area contributed by atoms with Crippen LogP contribution in [0.4, 0.5) is 13.2 Å². The van der Waals surface area contributed by atoms with E-state index in [1.54, 1.807) is 6.92 Å². The first kappa shape index (κ1) is 15.6. The van der Waals surface area contributed by atoms with Crippen molar-refractivity contribution in [3.8, 4) is 0 Å². The van der Waals surface area contributed by atoms with Gasteiger partial charge in [-0.2, -0.15) is 13.2 Å². The van der Waals surface area contributed by atoms with Gasteiger partial charge < -0.3 is 5.73 Å². The summed E-state index contributed by atoms with van der Waals surface area (Å²) in [5.74, 6) is 2.37. The summed E-state index contributed by atoms with van der Waals surface area (Å²) < 4.78 is 37.9. The third-order valence-corrected chi connectivity index (χ3v) is 6.18. The molecule has 0 aromatic heterocycles. The summed E-state index contributed by atoms with van der Waals surface area (Å²) in [5, 5.41) is 0. The summed E-state index contributed by atoms with van der Waals surface area (Å²) in [6, 6.07) is -0.104. The van der Waals surface area contributed by atoms with Gasteiger partial charge in [-0.25, -0.2) is 0 Å². The first-order valence-electron chi connectivity index (χ1n) is 8.34. The highest BCUT2D eigenvalue weighted by Gasteiger charge is 2.53. The van der Waals surface area contributed by atoms with Gasteiger partial charge in [-0.3, -0.25) is 4.90 Å². The molecule has 0 aliphatic heterocycles. The smallest absolute Gasteiger partial charge is 0.326 e. The van der Waals surface area contributed by atoms with E-state index in [0.717, 1.165) is 37.0 Å². The van der Waals surface area contributed by atoms with Crippen molar-refractivity contribution < 1.29 is 13.2 Å². The Hall–Kier alpha value is -0.290. The number of hydrogen-bond acceptors (Lipinski definition) is 2. The fourth-order valence-electron chi connectivity index (χ4n) is 5.66. The number of nitrogens with two attached hydrogens (primary N) is 1. The van der Waals surface area contributed by atoms with Crippen LogP contribution in [-0.2, 0) is 0 Å². The standard InChI is InChI=1S/C16H27F3N2/c1-2-21(10-16(17,18)19)9-14(20)15-6-11-3-12(7-15)5-13(4-11)8-15/h11-14H,2-10,20H2,1H3. The molecule has 2 nitrogen and oxygen atoms in total. The van der Waals surface area contributed by atoms with Crippen molar-refractivity contribution in [2.75, 3.05) is 19.6 Å². The van der Waals surface area contributed by atoms with E-state index in [-0.39, 0.29) is 11.5 Å². The third kappa shape index (κ3) is 3.24. The van der Waals surface area contributed by atoms with Gasteiger partial charge >= 0.3 is 6.18 Å². The minimum atomic E-state index is -4.13. The van der Waals surface area contributed by atoms with Crippen LogP contribution in [0.1, 0.15) is 45.4 Å². The van der Waals surface area contributed by atoms with Crippen molar-refractivity contribution >= 4 is 0 Å². The van der Waals surface area contributed by atoms with Gasteiger partial charge in [-0.05, 0) is 68.2 Å². The zero-order chi connectivity index (χ0) is 15.3. The molecular formula is C16H27F3N2. The van der Waals surface area contributed by atoms with Gasteiger partial charge in [0.05, 0.1) is 6.54 Å². The molecule has 4 aliphatic rings. The zero-order valence-corrected chi connectivity index (χ0v) is 12.8. The molecule has 2 N–H and O–H groups in total. The molecule has 0 heterocycles. The molecule has 0 spiro atoms. The molecule has 1 unspecified atom stereocenters. The number of halogens is 3. The third-order valence-electron chi connectivity index (χ3n) is 6.18. The summed E-state index contributed by atoms with van der Waals surface area (Å²) in [5.41, 5.74) is 6.59. The molecule has 0 aromatic carbocycles. The van der Waals surface area contributed by atoms with Crippen molar-refractivity contribution in [3.05, 3.63) is 0 Å². The van der Waals surface area contributed by atoms with Gasteiger partial charge in [0.1, 0.15) is 0 Å². The summed E-state index contributed by atoms with van der Waals surface area (Å²) in [7, 11) is 0. The first-order chi connectivity index (χ1) is 9.79. The Labute approximate surface area is 125 Å². The molecule has 4 aliphatic carbocycles. The summed E-state index contributed by atoms with van der Waals surface area (Å²) in [4.78, 5) is 1.48. The highest BCUT2D eigenvalue weighted by atomic mass is 19.4. The predicted octanol–water partition coefficient (Wildman–Crippen LogP) is 3.41. The largest absolute Gasteiger partial charge is 0.401 e. The van der Waals surface area contributed by atoms with E-state index in [2.05, 4.69) is 0 Å². The lowest BCUT2D eigenvalue weighted by Gasteiger charge is -2.59. The van der Waals surface area contributed by atoms with Gasteiger partial charge in [0.25, 0.3) is 0 Å². The van der Waals surface area contributed by atoms with Crippen LogP contribution in [0.25, 0.3) is 0 Å². The van der Waals surface area contributed by atoms with E-state index in [4.69, 9.17) is 5.73 Å². The molecule has 4 saturated carbocycles. The van der Waals surface area contributed by atoms with E-state index < -0.39 is 12.7 Å². The van der Waals surface area contributed by atoms with E-state index >= 15 is 0 Å². The fourth-order valence-corrected chi connectivity index (χ4v) is 5.66. The Morgan fingerprint density at radius 1 is 1.10 bits per heavy atom. The molecule has 4 rings (SSSR count). The van der Waals surface area contributed by atoms with Crippen molar-refractivity contribution in [2.24, 2.45) is 28.9 Å². The maximum Gasteiger partial charge on any atom is 0.401 e. The molecule has 1 atom stereocenters. The molecule has 0 radical (unpaired) electrons. The quantitative estimate of drug-likeness (QED) is 0.843. The summed E-state index contributed by atoms with van der Waals surface area (Å²) in [6.45, 7) is 1.77. The number of likely N-dealkylation sites (N-methyl/N-ethyl adjacent to an activating group) is 1. The second-order valence-corrected chi connectivity index (χ2v) is 7.83. The van der Waals surface area contributed by atoms with Gasteiger partial charge in [-0.15, -0.1) is 0 Å². The fraction of sp³-hybridized carbons (Fsp3) is 1.00. The number of alkyl halides is 3. The Kier molecular flexibility index (Phi) is 4.02. The number of rotatable bonds is 5. The summed E-state index contributed by atoms with van der Waals surface area (Å²) >= 11 is 0. The van der Waals surface area contributed by atoms with Gasteiger partial charge in [-0.1, -0.05) is 6.92 Å². The van der Waals surface area contributed by atoms with E-state index in [1.807, 2.05) is 0 Å². The molecular weight excluding hydrogens is 277 g/mol. The Balaban J connectivity index is 1.66. The number of nitrogens with zero attached hydrogens (tertiary/aromatic N) is 1. The first-order valence-corrected chi connectivity index (χ1v) is 8.34. The van der Waals surface area contributed by atoms with Gasteiger partial charge in [0.15, 0.2) is 0 Å². The normalized spacial score (nSPS) is 40.0. The molecule has 0 aromatic rings. The maximum absolute atomic E-state index is 12.6. The minimum Gasteiger partial charge on any atom is -0.326 e. The van der Waals surface area contributed by atoms with Crippen LogP contribution in [0, 0.1) is 23.2 Å². The van der Waals surface area contributed by atoms with Crippen molar-refractivity contribution in [2.45, 2.75) is 57.7 Å². The van der Waals surface area contributed by atoms with Crippen LogP contribution in [0.2, 0.25) is 0 Å². The molecule has 0 saturated heterocycles. The average molecular weight is 304 g/mol. The Morgan fingerprint density at radius 2 is 1.57 bits per heavy atom. The van der Waals surface area contributed by atoms with Crippen LogP contribution in [0.3, 0.4) is 0 Å². The van der Waals surface area contributed by atoms with Crippen LogP contribution in [-0.4, -0.2) is 36.8 Å². The van der Waals surface area contributed by atoms with E-state index in [0.29, 0.717) is 13.1 Å². The molecule has 5 heteroatoms. The van der Waals surface area contributed by atoms with Crippen LogP contribution in [0.5, 0.6) is 0 Å². The van der Waals surface area contributed by atoms with Crippen molar-refractivity contribution in [1.82, 2.24) is 4.90 Å². The molecule has 21 heavy (non-hydrogen) atoms. The molecule has 4 bridgehead atoms. The molecule has 0 amide bonds. The molecule has 4 fully saturated rings. The SMILES string of the molecule is CCN(CC(N)C12CC3CC(CC(C3)C1)C2)CC(F)(F)F. The lowest BCUT2D eigenvalue weighted by atomic mass is 9.48. The van der Waals surface area contributed by atoms with Crippen LogP contribution >= 0.6 is 0 Å². The van der Waals surface area contributed by atoms with E-state index in [9.17, 15) is 13.2 Å².